The molecule has 0 radical (unpaired) electrons. The first kappa shape index (κ1) is 21.8. The molecular formula is C27H25FN4O3. The molecule has 0 amide bonds. The zero-order chi connectivity index (χ0) is 23.6. The van der Waals surface area contributed by atoms with Gasteiger partial charge in [0.25, 0.3) is 0 Å². The molecule has 3 aromatic carbocycles. The van der Waals surface area contributed by atoms with Gasteiger partial charge in [0, 0.05) is 38.3 Å². The molecule has 7 nitrogen and oxygen atoms in total. The summed E-state index contributed by atoms with van der Waals surface area (Å²) in [6.07, 6.45) is 0. The van der Waals surface area contributed by atoms with Crippen molar-refractivity contribution in [2.75, 3.05) is 33.0 Å². The summed E-state index contributed by atoms with van der Waals surface area (Å²) >= 11 is 0. The maximum Gasteiger partial charge on any atom is 0.247 e. The van der Waals surface area contributed by atoms with Gasteiger partial charge < -0.3 is 13.9 Å². The Hall–Kier alpha value is -3.75. The number of aromatic nitrogens is 2. The maximum absolute atomic E-state index is 13.7. The lowest BCUT2D eigenvalue weighted by atomic mass is 10.0. The van der Waals surface area contributed by atoms with Crippen LogP contribution in [-0.4, -0.2) is 53.0 Å². The van der Waals surface area contributed by atoms with Gasteiger partial charge in [-0.1, -0.05) is 36.4 Å². The summed E-state index contributed by atoms with van der Waals surface area (Å²) in [6.45, 7) is 4.51. The highest BCUT2D eigenvalue weighted by molar-refractivity contribution is 5.52. The van der Waals surface area contributed by atoms with Gasteiger partial charge in [0.2, 0.25) is 18.6 Å². The van der Waals surface area contributed by atoms with Crippen LogP contribution in [0.1, 0.15) is 23.1 Å². The highest BCUT2D eigenvalue weighted by Crippen LogP contribution is 2.34. The Morgan fingerprint density at radius 1 is 0.829 bits per heavy atom. The fraction of sp³-hybridized carbons (Fsp3) is 0.259. The van der Waals surface area contributed by atoms with E-state index in [0.717, 1.165) is 55.3 Å². The third-order valence-electron chi connectivity index (χ3n) is 6.50. The number of ether oxygens (including phenoxy) is 2. The first-order valence-electron chi connectivity index (χ1n) is 11.7. The van der Waals surface area contributed by atoms with E-state index in [1.54, 1.807) is 12.1 Å². The molecule has 2 aliphatic rings. The van der Waals surface area contributed by atoms with E-state index in [1.165, 1.54) is 17.7 Å². The number of rotatable bonds is 6. The Balaban J connectivity index is 1.20. The SMILES string of the molecule is Fc1ccc([C@@H](c2nnc(-c3ccccc3)o2)N2CCN(Cc3ccc4c(c3)OCO4)CC2)cc1. The van der Waals surface area contributed by atoms with Crippen molar-refractivity contribution in [2.45, 2.75) is 12.6 Å². The van der Waals surface area contributed by atoms with Gasteiger partial charge >= 0.3 is 0 Å². The van der Waals surface area contributed by atoms with Gasteiger partial charge in [0.1, 0.15) is 11.9 Å². The third kappa shape index (κ3) is 4.62. The van der Waals surface area contributed by atoms with E-state index in [2.05, 4.69) is 32.1 Å². The van der Waals surface area contributed by atoms with Crippen LogP contribution >= 0.6 is 0 Å². The molecule has 35 heavy (non-hydrogen) atoms. The Morgan fingerprint density at radius 3 is 2.40 bits per heavy atom. The van der Waals surface area contributed by atoms with Crippen LogP contribution in [0, 0.1) is 5.82 Å². The zero-order valence-electron chi connectivity index (χ0n) is 19.1. The summed E-state index contributed by atoms with van der Waals surface area (Å²) in [5.41, 5.74) is 3.00. The minimum atomic E-state index is -0.267. The number of nitrogens with zero attached hydrogens (tertiary/aromatic N) is 4. The van der Waals surface area contributed by atoms with Crippen LogP contribution in [0.3, 0.4) is 0 Å². The normalized spacial score (nSPS) is 16.9. The van der Waals surface area contributed by atoms with Crippen molar-refractivity contribution in [1.29, 1.82) is 0 Å². The largest absolute Gasteiger partial charge is 0.454 e. The predicted octanol–water partition coefficient (Wildman–Crippen LogP) is 4.51. The lowest BCUT2D eigenvalue weighted by molar-refractivity contribution is 0.0951. The second-order valence-electron chi connectivity index (χ2n) is 8.77. The molecule has 1 atom stereocenters. The predicted molar refractivity (Wildman–Crippen MR) is 127 cm³/mol. The lowest BCUT2D eigenvalue weighted by Crippen LogP contribution is -2.47. The fourth-order valence-corrected chi connectivity index (χ4v) is 4.67. The molecule has 0 unspecified atom stereocenters. The van der Waals surface area contributed by atoms with E-state index in [4.69, 9.17) is 13.9 Å². The van der Waals surface area contributed by atoms with Crippen molar-refractivity contribution in [3.8, 4) is 23.0 Å². The standard InChI is InChI=1S/C27H25FN4O3/c28-22-9-7-20(8-10-22)25(27-30-29-26(35-27)21-4-2-1-3-5-21)32-14-12-31(13-15-32)17-19-6-11-23-24(16-19)34-18-33-23/h1-11,16,25H,12-15,17-18H2/t25-/m0/s1. The molecule has 2 aliphatic heterocycles. The Bertz CT molecular complexity index is 1290. The quantitative estimate of drug-likeness (QED) is 0.409. The summed E-state index contributed by atoms with van der Waals surface area (Å²) in [4.78, 5) is 4.74. The molecule has 0 spiro atoms. The van der Waals surface area contributed by atoms with Crippen LogP contribution in [0.15, 0.2) is 77.2 Å². The zero-order valence-corrected chi connectivity index (χ0v) is 19.1. The van der Waals surface area contributed by atoms with E-state index < -0.39 is 0 Å². The Labute approximate surface area is 202 Å². The van der Waals surface area contributed by atoms with Gasteiger partial charge in [0.15, 0.2) is 11.5 Å². The fourth-order valence-electron chi connectivity index (χ4n) is 4.67. The highest BCUT2D eigenvalue weighted by Gasteiger charge is 2.31. The number of fused-ring (bicyclic) bond motifs is 1. The average molecular weight is 473 g/mol. The average Bonchev–Trinajstić information content (AvgIpc) is 3.57. The van der Waals surface area contributed by atoms with Crippen LogP contribution in [0.25, 0.3) is 11.5 Å². The molecule has 1 fully saturated rings. The van der Waals surface area contributed by atoms with E-state index in [9.17, 15) is 4.39 Å². The Kier molecular flexibility index (Phi) is 5.89. The first-order chi connectivity index (χ1) is 17.2. The summed E-state index contributed by atoms with van der Waals surface area (Å²) in [7, 11) is 0. The second-order valence-corrected chi connectivity index (χ2v) is 8.77. The van der Waals surface area contributed by atoms with Crippen LogP contribution in [0.4, 0.5) is 4.39 Å². The maximum atomic E-state index is 13.7. The molecule has 0 aliphatic carbocycles. The lowest BCUT2D eigenvalue weighted by Gasteiger charge is -2.38. The molecule has 0 N–H and O–H groups in total. The molecule has 178 valence electrons. The van der Waals surface area contributed by atoms with Crippen LogP contribution in [0.5, 0.6) is 11.5 Å². The van der Waals surface area contributed by atoms with Gasteiger partial charge in [-0.25, -0.2) is 4.39 Å². The van der Waals surface area contributed by atoms with Gasteiger partial charge in [0.05, 0.1) is 0 Å². The monoisotopic (exact) mass is 472 g/mol. The molecule has 4 aromatic rings. The van der Waals surface area contributed by atoms with Gasteiger partial charge in [-0.05, 0) is 47.5 Å². The third-order valence-corrected chi connectivity index (χ3v) is 6.50. The molecule has 0 bridgehead atoms. The number of hydrogen-bond donors (Lipinski definition) is 0. The van der Waals surface area contributed by atoms with E-state index in [1.807, 2.05) is 36.4 Å². The van der Waals surface area contributed by atoms with Crippen LogP contribution in [0.2, 0.25) is 0 Å². The molecule has 3 heterocycles. The van der Waals surface area contributed by atoms with Crippen molar-refractivity contribution in [2.24, 2.45) is 0 Å². The van der Waals surface area contributed by atoms with Gasteiger partial charge in [-0.15, -0.1) is 10.2 Å². The molecule has 8 heteroatoms. The van der Waals surface area contributed by atoms with Crippen molar-refractivity contribution in [3.05, 3.63) is 95.6 Å². The number of piperazine rings is 1. The van der Waals surface area contributed by atoms with Crippen molar-refractivity contribution >= 4 is 0 Å². The van der Waals surface area contributed by atoms with Gasteiger partial charge in [-0.2, -0.15) is 0 Å². The number of hydrogen-bond acceptors (Lipinski definition) is 7. The van der Waals surface area contributed by atoms with Gasteiger partial charge in [-0.3, -0.25) is 9.80 Å². The van der Waals surface area contributed by atoms with Crippen molar-refractivity contribution < 1.29 is 18.3 Å². The van der Waals surface area contributed by atoms with Crippen molar-refractivity contribution in [3.63, 3.8) is 0 Å². The molecule has 0 saturated carbocycles. The summed E-state index contributed by atoms with van der Waals surface area (Å²) < 4.78 is 30.7. The molecule has 1 saturated heterocycles. The molecule has 1 aromatic heterocycles. The summed E-state index contributed by atoms with van der Waals surface area (Å²) in [5.74, 6) is 2.34. The number of halogens is 1. The Morgan fingerprint density at radius 2 is 1.60 bits per heavy atom. The van der Waals surface area contributed by atoms with E-state index in [0.29, 0.717) is 11.8 Å². The number of benzene rings is 3. The minimum Gasteiger partial charge on any atom is -0.454 e. The summed E-state index contributed by atoms with van der Waals surface area (Å²) in [5, 5.41) is 8.69. The van der Waals surface area contributed by atoms with Crippen LogP contribution in [-0.2, 0) is 6.54 Å². The highest BCUT2D eigenvalue weighted by atomic mass is 19.1. The smallest absolute Gasteiger partial charge is 0.247 e. The molecule has 6 rings (SSSR count). The van der Waals surface area contributed by atoms with E-state index >= 15 is 0 Å². The minimum absolute atomic E-state index is 0.242. The van der Waals surface area contributed by atoms with E-state index in [-0.39, 0.29) is 18.7 Å². The first-order valence-corrected chi connectivity index (χ1v) is 11.7. The topological polar surface area (TPSA) is 63.9 Å². The summed E-state index contributed by atoms with van der Waals surface area (Å²) in [6, 6.07) is 22.1. The van der Waals surface area contributed by atoms with Crippen LogP contribution < -0.4 is 9.47 Å². The second kappa shape index (κ2) is 9.48. The molecular weight excluding hydrogens is 447 g/mol. The van der Waals surface area contributed by atoms with Crippen molar-refractivity contribution in [1.82, 2.24) is 20.0 Å².